The van der Waals surface area contributed by atoms with E-state index < -0.39 is 61.8 Å². The third-order valence-electron chi connectivity index (χ3n) is 3.93. The molecular weight excluding hydrogens is 557 g/mol. The van der Waals surface area contributed by atoms with Crippen LogP contribution in [0.25, 0.3) is 0 Å². The van der Waals surface area contributed by atoms with Gasteiger partial charge in [-0.3, -0.25) is 0 Å². The fourth-order valence-electron chi connectivity index (χ4n) is 2.10. The quantitative estimate of drug-likeness (QED) is 0.136. The Hall–Kier alpha value is -1.54. The maximum atomic E-state index is 13.4. The normalized spacial score (nSPS) is 15.8. The summed E-state index contributed by atoms with van der Waals surface area (Å²) in [6, 6.07) is 0. The number of ether oxygens (including phenoxy) is 3. The van der Waals surface area contributed by atoms with Gasteiger partial charge >= 0.3 is 42.5 Å². The Kier molecular flexibility index (Phi) is 11.4. The molecule has 1 atom stereocenters. The first-order valence-electron chi connectivity index (χ1n) is 9.30. The molecule has 0 bridgehead atoms. The molecule has 20 heteroatoms. The minimum absolute atomic E-state index is 0.126. The minimum Gasteiger partial charge on any atom is -0.391 e. The third kappa shape index (κ3) is 8.79. The Morgan fingerprint density at radius 1 is 0.667 bits per heavy atom. The van der Waals surface area contributed by atoms with E-state index in [1.165, 1.54) is 4.74 Å². The van der Waals surface area contributed by atoms with Crippen LogP contribution in [0, 0.1) is 0 Å². The Morgan fingerprint density at radius 3 is 1.64 bits per heavy atom. The molecule has 0 rings (SSSR count). The number of aldehydes is 1. The van der Waals surface area contributed by atoms with E-state index in [1.807, 2.05) is 0 Å². The molecule has 0 aromatic heterocycles. The van der Waals surface area contributed by atoms with Gasteiger partial charge in [0.25, 0.3) is 0 Å². The van der Waals surface area contributed by atoms with Crippen molar-refractivity contribution in [3.8, 4) is 0 Å². The summed E-state index contributed by atoms with van der Waals surface area (Å²) in [5, 5.41) is 9.43. The number of rotatable bonds is 17. The van der Waals surface area contributed by atoms with E-state index in [0.29, 0.717) is 19.1 Å². The second-order valence-corrected chi connectivity index (χ2v) is 7.01. The van der Waals surface area contributed by atoms with Gasteiger partial charge < -0.3 is 14.6 Å². The van der Waals surface area contributed by atoms with Gasteiger partial charge in [-0.15, -0.1) is 0 Å². The molecule has 216 valence electrons. The van der Waals surface area contributed by atoms with Crippen LogP contribution in [0.1, 0.15) is 32.1 Å². The number of hydrogen-bond donors (Lipinski definition) is 1. The molecule has 0 aromatic rings. The molecule has 0 aliphatic rings. The van der Waals surface area contributed by atoms with Crippen molar-refractivity contribution in [2.75, 3.05) is 13.2 Å². The summed E-state index contributed by atoms with van der Waals surface area (Å²) in [6.45, 7) is -3.42. The van der Waals surface area contributed by atoms with E-state index in [2.05, 4.69) is 9.47 Å². The summed E-state index contributed by atoms with van der Waals surface area (Å²) >= 11 is 0. The van der Waals surface area contributed by atoms with Crippen molar-refractivity contribution in [2.24, 2.45) is 0 Å². The van der Waals surface area contributed by atoms with Crippen molar-refractivity contribution in [2.45, 2.75) is 80.7 Å². The zero-order valence-electron chi connectivity index (χ0n) is 17.4. The number of halogens is 15. The van der Waals surface area contributed by atoms with E-state index in [4.69, 9.17) is 0 Å². The molecule has 0 saturated heterocycles. The maximum Gasteiger partial charge on any atom is 0.460 e. The summed E-state index contributed by atoms with van der Waals surface area (Å²) in [5.41, 5.74) is 0. The van der Waals surface area contributed by atoms with Crippen molar-refractivity contribution >= 4 is 6.29 Å². The summed E-state index contributed by atoms with van der Waals surface area (Å²) in [7, 11) is 0. The SMILES string of the molecule is O=CCCCCC[C@@H](O)COCC(F)(F)OC(F)(F)C(F)(F)OC(F)(F)C(F)(F)C(F)(F)C(F)(F)F. The van der Waals surface area contributed by atoms with Crippen LogP contribution in [0.2, 0.25) is 0 Å². The molecule has 0 aliphatic heterocycles. The van der Waals surface area contributed by atoms with Crippen molar-refractivity contribution in [3.63, 3.8) is 0 Å². The van der Waals surface area contributed by atoms with Gasteiger partial charge in [-0.1, -0.05) is 12.8 Å². The lowest BCUT2D eigenvalue weighted by atomic mass is 10.1. The largest absolute Gasteiger partial charge is 0.460 e. The topological polar surface area (TPSA) is 65.0 Å². The summed E-state index contributed by atoms with van der Waals surface area (Å²) < 4.78 is 201. The summed E-state index contributed by atoms with van der Waals surface area (Å²) in [6.07, 6.45) is -34.9. The predicted molar refractivity (Wildman–Crippen MR) is 83.9 cm³/mol. The van der Waals surface area contributed by atoms with Gasteiger partial charge in [0, 0.05) is 6.42 Å². The lowest BCUT2D eigenvalue weighted by molar-refractivity contribution is -0.543. The minimum atomic E-state index is -7.92. The highest BCUT2D eigenvalue weighted by Gasteiger charge is 2.85. The van der Waals surface area contributed by atoms with Crippen LogP contribution in [-0.4, -0.2) is 73.2 Å². The highest BCUT2D eigenvalue weighted by atomic mass is 19.4. The van der Waals surface area contributed by atoms with Crippen molar-refractivity contribution in [1.82, 2.24) is 0 Å². The molecule has 0 radical (unpaired) electrons. The maximum absolute atomic E-state index is 13.4. The van der Waals surface area contributed by atoms with E-state index in [0.717, 1.165) is 0 Å². The van der Waals surface area contributed by atoms with Gasteiger partial charge in [0.2, 0.25) is 0 Å². The van der Waals surface area contributed by atoms with Gasteiger partial charge in [-0.25, -0.2) is 9.47 Å². The van der Waals surface area contributed by atoms with E-state index in [-0.39, 0.29) is 19.3 Å². The number of aliphatic hydroxyl groups excluding tert-OH is 1. The average molecular weight is 574 g/mol. The number of aliphatic hydroxyl groups is 1. The molecular formula is C16H17F15O5. The molecule has 36 heavy (non-hydrogen) atoms. The Balaban J connectivity index is 5.21. The molecule has 1 N–H and O–H groups in total. The molecule has 0 fully saturated rings. The van der Waals surface area contributed by atoms with Crippen LogP contribution in [0.3, 0.4) is 0 Å². The highest BCUT2D eigenvalue weighted by Crippen LogP contribution is 2.55. The second-order valence-electron chi connectivity index (χ2n) is 7.01. The van der Waals surface area contributed by atoms with Crippen LogP contribution < -0.4 is 0 Å². The number of unbranched alkanes of at least 4 members (excludes halogenated alkanes) is 3. The smallest absolute Gasteiger partial charge is 0.391 e. The molecule has 0 saturated carbocycles. The molecule has 0 aliphatic carbocycles. The molecule has 0 heterocycles. The van der Waals surface area contributed by atoms with Crippen LogP contribution in [0.4, 0.5) is 65.9 Å². The van der Waals surface area contributed by atoms with Gasteiger partial charge in [0.05, 0.1) is 12.7 Å². The molecule has 5 nitrogen and oxygen atoms in total. The van der Waals surface area contributed by atoms with Gasteiger partial charge in [-0.05, 0) is 12.8 Å². The summed E-state index contributed by atoms with van der Waals surface area (Å²) in [4.78, 5) is 10.1. The van der Waals surface area contributed by atoms with E-state index >= 15 is 0 Å². The number of carbonyl (C=O) groups excluding carboxylic acids is 1. The molecule has 0 spiro atoms. The lowest BCUT2D eigenvalue weighted by Crippen LogP contribution is -2.64. The van der Waals surface area contributed by atoms with Gasteiger partial charge in [0.1, 0.15) is 12.9 Å². The fourth-order valence-corrected chi connectivity index (χ4v) is 2.10. The van der Waals surface area contributed by atoms with Gasteiger partial charge in [-0.2, -0.15) is 65.9 Å². The monoisotopic (exact) mass is 574 g/mol. The number of alkyl halides is 15. The van der Waals surface area contributed by atoms with Crippen LogP contribution in [-0.2, 0) is 19.0 Å². The van der Waals surface area contributed by atoms with E-state index in [9.17, 15) is 75.8 Å². The Labute approximate surface area is 191 Å². The fraction of sp³-hybridized carbons (Fsp3) is 0.938. The first kappa shape index (κ1) is 34.5. The highest BCUT2D eigenvalue weighted by molar-refractivity contribution is 5.48. The molecule has 0 unspecified atom stereocenters. The standard InChI is InChI=1S/C16H17F15O5/c17-10(18,8-34-7-9(33)5-3-1-2-4-6-32)35-15(28,29)16(30,31)36-14(26,27)12(21,22)11(19,20)13(23,24)25/h6,9,33H,1-5,7-8H2/t9-/m1/s1. The van der Waals surface area contributed by atoms with Gasteiger partial charge in [0.15, 0.2) is 0 Å². The first-order chi connectivity index (χ1) is 15.9. The first-order valence-corrected chi connectivity index (χ1v) is 9.30. The number of carbonyl (C=O) groups is 1. The lowest BCUT2D eigenvalue weighted by Gasteiger charge is -2.36. The van der Waals surface area contributed by atoms with Crippen LogP contribution >= 0.6 is 0 Å². The Morgan fingerprint density at radius 2 is 1.17 bits per heavy atom. The van der Waals surface area contributed by atoms with Crippen LogP contribution in [0.15, 0.2) is 0 Å². The van der Waals surface area contributed by atoms with Crippen molar-refractivity contribution in [1.29, 1.82) is 0 Å². The Bertz CT molecular complexity index is 696. The number of hydrogen-bond acceptors (Lipinski definition) is 5. The zero-order chi connectivity index (χ0) is 28.9. The summed E-state index contributed by atoms with van der Waals surface area (Å²) in [5.74, 6) is -15.7. The second kappa shape index (κ2) is 11.9. The third-order valence-corrected chi connectivity index (χ3v) is 3.93. The predicted octanol–water partition coefficient (Wildman–Crippen LogP) is 5.75. The van der Waals surface area contributed by atoms with Crippen LogP contribution in [0.5, 0.6) is 0 Å². The van der Waals surface area contributed by atoms with E-state index in [1.54, 1.807) is 0 Å². The zero-order valence-corrected chi connectivity index (χ0v) is 17.4. The van der Waals surface area contributed by atoms with Crippen molar-refractivity contribution < 1.29 is 90.0 Å². The molecule has 0 amide bonds. The average Bonchev–Trinajstić information content (AvgIpc) is 2.64. The molecule has 0 aromatic carbocycles. The van der Waals surface area contributed by atoms with Crippen molar-refractivity contribution in [3.05, 3.63) is 0 Å².